The maximum atomic E-state index is 12.4. The number of halogens is 3. The molecule has 1 saturated heterocycles. The minimum Gasteiger partial charge on any atom is -0.490 e. The maximum absolute atomic E-state index is 12.4. The predicted octanol–water partition coefficient (Wildman–Crippen LogP) is 7.57. The van der Waals surface area contributed by atoms with Gasteiger partial charge in [-0.05, 0) is 83.7 Å². The fourth-order valence-electron chi connectivity index (χ4n) is 5.98. The van der Waals surface area contributed by atoms with Crippen LogP contribution in [0.1, 0.15) is 30.4 Å². The number of benzene rings is 3. The van der Waals surface area contributed by atoms with Gasteiger partial charge in [0.15, 0.2) is 5.13 Å². The Morgan fingerprint density at radius 2 is 1.61 bits per heavy atom. The van der Waals surface area contributed by atoms with Crippen molar-refractivity contribution in [3.63, 3.8) is 0 Å². The fraction of sp³-hybridized carbons (Fsp3) is 0.353. The highest BCUT2D eigenvalue weighted by atomic mass is 32.1. The average Bonchev–Trinajstić information content (AvgIpc) is 3.72. The van der Waals surface area contributed by atoms with E-state index in [2.05, 4.69) is 26.8 Å². The van der Waals surface area contributed by atoms with Crippen LogP contribution in [0.15, 0.2) is 72.9 Å². The van der Waals surface area contributed by atoms with Gasteiger partial charge in [-0.25, -0.2) is 4.98 Å². The monoisotopic (exact) mass is 695 g/mol. The van der Waals surface area contributed by atoms with E-state index in [-0.39, 0.29) is 30.3 Å². The van der Waals surface area contributed by atoms with Crippen LogP contribution in [-0.4, -0.2) is 51.6 Å². The second kappa shape index (κ2) is 13.8. The van der Waals surface area contributed by atoms with Crippen LogP contribution in [0.25, 0.3) is 10.2 Å². The summed E-state index contributed by atoms with van der Waals surface area (Å²) >= 11 is 1.65. The summed E-state index contributed by atoms with van der Waals surface area (Å²) in [4.78, 5) is 21.6. The number of nitrogens with zero attached hydrogens (tertiary/aromatic N) is 5. The Kier molecular flexibility index (Phi) is 9.17. The summed E-state index contributed by atoms with van der Waals surface area (Å²) < 4.78 is 61.4. The van der Waals surface area contributed by atoms with Gasteiger partial charge in [0.2, 0.25) is 0 Å². The molecule has 7 rings (SSSR count). The lowest BCUT2D eigenvalue weighted by atomic mass is 9.90. The van der Waals surface area contributed by atoms with Crippen LogP contribution in [0.4, 0.5) is 24.1 Å². The van der Waals surface area contributed by atoms with Crippen LogP contribution in [0.5, 0.6) is 23.3 Å². The standard InChI is InChI=1S/C34H32F3N5O6S/c35-34(36,37)48-26-7-3-24(4-8-26)20-45-25-5-1-22(2-6-25)17-23-11-14-40(15-12-23)33-38-29-10-9-27(18-30(29)49-33)46-21-28-13-16-41-19-31(42(43)44)39-32(41)47-28/h1-10,18-19,23,28H,11-17,20-21H2/t28-/m0/s1. The number of hydrogen-bond acceptors (Lipinski definition) is 10. The minimum atomic E-state index is -4.71. The molecule has 0 unspecified atom stereocenters. The van der Waals surface area contributed by atoms with Gasteiger partial charge < -0.3 is 34.0 Å². The first kappa shape index (κ1) is 32.5. The molecule has 0 spiro atoms. The molecule has 0 amide bonds. The van der Waals surface area contributed by atoms with Crippen molar-refractivity contribution in [3.05, 3.63) is 94.2 Å². The Morgan fingerprint density at radius 3 is 2.35 bits per heavy atom. The number of thiazole rings is 1. The highest BCUT2D eigenvalue weighted by Gasteiger charge is 2.31. The first-order valence-corrected chi connectivity index (χ1v) is 16.7. The Balaban J connectivity index is 0.859. The van der Waals surface area contributed by atoms with Crippen LogP contribution < -0.4 is 23.8 Å². The number of ether oxygens (including phenoxy) is 4. The largest absolute Gasteiger partial charge is 0.573 e. The smallest absolute Gasteiger partial charge is 0.490 e. The fourth-order valence-corrected chi connectivity index (χ4v) is 7.03. The van der Waals surface area contributed by atoms with Crippen molar-refractivity contribution < 1.29 is 37.0 Å². The third-order valence-corrected chi connectivity index (χ3v) is 9.64. The highest BCUT2D eigenvalue weighted by Crippen LogP contribution is 2.35. The summed E-state index contributed by atoms with van der Waals surface area (Å²) in [5.41, 5.74) is 2.90. The number of aryl methyl sites for hydroxylation is 1. The second-order valence-corrected chi connectivity index (χ2v) is 13.1. The van der Waals surface area contributed by atoms with Gasteiger partial charge in [-0.1, -0.05) is 35.6 Å². The van der Waals surface area contributed by atoms with Gasteiger partial charge in [0.1, 0.15) is 42.8 Å². The van der Waals surface area contributed by atoms with Crippen LogP contribution in [0, 0.1) is 16.0 Å². The summed E-state index contributed by atoms with van der Waals surface area (Å²) in [6.07, 6.45) is 0.169. The van der Waals surface area contributed by atoms with E-state index in [1.807, 2.05) is 30.3 Å². The number of aromatic nitrogens is 3. The number of imidazole rings is 1. The summed E-state index contributed by atoms with van der Waals surface area (Å²) in [6.45, 7) is 2.98. The van der Waals surface area contributed by atoms with Crippen molar-refractivity contribution in [1.82, 2.24) is 14.5 Å². The van der Waals surface area contributed by atoms with Crippen molar-refractivity contribution in [2.45, 2.75) is 51.3 Å². The van der Waals surface area contributed by atoms with Gasteiger partial charge in [-0.3, -0.25) is 4.57 Å². The molecule has 2 aromatic heterocycles. The molecule has 0 aliphatic carbocycles. The molecule has 0 bridgehead atoms. The number of fused-ring (bicyclic) bond motifs is 2. The minimum absolute atomic E-state index is 0.224. The van der Waals surface area contributed by atoms with Crippen molar-refractivity contribution in [1.29, 1.82) is 0 Å². The quantitative estimate of drug-likeness (QED) is 0.102. The number of hydrogen-bond donors (Lipinski definition) is 0. The Hall–Kier alpha value is -5.05. The normalized spacial score (nSPS) is 16.6. The van der Waals surface area contributed by atoms with Crippen molar-refractivity contribution >= 4 is 32.5 Å². The molecule has 15 heteroatoms. The lowest BCUT2D eigenvalue weighted by Crippen LogP contribution is -2.34. The lowest BCUT2D eigenvalue weighted by Gasteiger charge is -2.31. The molecule has 5 aromatic rings. The van der Waals surface area contributed by atoms with E-state index < -0.39 is 11.3 Å². The van der Waals surface area contributed by atoms with Gasteiger partial charge >= 0.3 is 18.2 Å². The van der Waals surface area contributed by atoms with Crippen LogP contribution in [-0.2, 0) is 19.6 Å². The summed E-state index contributed by atoms with van der Waals surface area (Å²) in [5.74, 6) is 1.49. The SMILES string of the molecule is O=[N+]([O-])c1cn2c(n1)O[C@H](COc1ccc3nc(N4CCC(Cc5ccc(OCc6ccc(OC(F)(F)F)cc6)cc5)CC4)sc3c1)CC2. The number of anilines is 1. The molecule has 11 nitrogen and oxygen atoms in total. The number of alkyl halides is 3. The van der Waals surface area contributed by atoms with Crippen LogP contribution in [0.3, 0.4) is 0 Å². The molecule has 1 fully saturated rings. The molecule has 256 valence electrons. The lowest BCUT2D eigenvalue weighted by molar-refractivity contribution is -0.389. The van der Waals surface area contributed by atoms with Gasteiger partial charge in [0, 0.05) is 31.0 Å². The number of nitro groups is 1. The van der Waals surface area contributed by atoms with Gasteiger partial charge in [0.05, 0.1) is 10.2 Å². The third kappa shape index (κ3) is 8.16. The maximum Gasteiger partial charge on any atom is 0.573 e. The summed E-state index contributed by atoms with van der Waals surface area (Å²) in [6, 6.07) is 19.7. The first-order chi connectivity index (χ1) is 23.6. The highest BCUT2D eigenvalue weighted by molar-refractivity contribution is 7.22. The molecule has 4 heterocycles. The molecule has 1 atom stereocenters. The van der Waals surface area contributed by atoms with Gasteiger partial charge in [-0.2, -0.15) is 0 Å². The number of piperidine rings is 1. The van der Waals surface area contributed by atoms with E-state index in [9.17, 15) is 23.3 Å². The third-order valence-electron chi connectivity index (χ3n) is 8.56. The van der Waals surface area contributed by atoms with E-state index in [0.717, 1.165) is 59.0 Å². The van der Waals surface area contributed by atoms with Crippen LogP contribution in [0.2, 0.25) is 0 Å². The Morgan fingerprint density at radius 1 is 0.898 bits per heavy atom. The Bertz CT molecular complexity index is 1910. The van der Waals surface area contributed by atoms with Gasteiger partial charge in [0.25, 0.3) is 0 Å². The first-order valence-electron chi connectivity index (χ1n) is 15.9. The zero-order valence-corrected chi connectivity index (χ0v) is 27.0. The van der Waals surface area contributed by atoms with Crippen molar-refractivity contribution in [2.24, 2.45) is 5.92 Å². The average molecular weight is 696 g/mol. The zero-order valence-electron chi connectivity index (χ0n) is 26.2. The molecular formula is C34H32F3N5O6S. The van der Waals surface area contributed by atoms with Crippen molar-refractivity contribution in [3.8, 4) is 23.3 Å². The summed E-state index contributed by atoms with van der Waals surface area (Å²) in [7, 11) is 0. The van der Waals surface area contributed by atoms with E-state index in [1.54, 1.807) is 28.0 Å². The Labute approximate surface area is 283 Å². The molecule has 0 radical (unpaired) electrons. The molecule has 49 heavy (non-hydrogen) atoms. The van der Waals surface area contributed by atoms with E-state index in [1.165, 1.54) is 23.9 Å². The molecule has 3 aromatic carbocycles. The topological polar surface area (TPSA) is 114 Å². The number of rotatable bonds is 11. The second-order valence-electron chi connectivity index (χ2n) is 12.1. The predicted molar refractivity (Wildman–Crippen MR) is 176 cm³/mol. The summed E-state index contributed by atoms with van der Waals surface area (Å²) in [5, 5.41) is 12.0. The molecule has 0 N–H and O–H groups in total. The van der Waals surface area contributed by atoms with Crippen molar-refractivity contribution in [2.75, 3.05) is 24.6 Å². The molecule has 0 saturated carbocycles. The molecule has 2 aliphatic heterocycles. The zero-order chi connectivity index (χ0) is 34.0. The van der Waals surface area contributed by atoms with E-state index >= 15 is 0 Å². The van der Waals surface area contributed by atoms with Crippen LogP contribution >= 0.6 is 11.3 Å². The van der Waals surface area contributed by atoms with Gasteiger partial charge in [-0.15, -0.1) is 13.2 Å². The molecular weight excluding hydrogens is 663 g/mol. The molecule has 2 aliphatic rings. The van der Waals surface area contributed by atoms with E-state index in [0.29, 0.717) is 31.2 Å². The van der Waals surface area contributed by atoms with E-state index in [4.69, 9.17) is 19.2 Å².